The first-order valence-corrected chi connectivity index (χ1v) is 5.29. The molecular formula is C13H10F2N2O. The van der Waals surface area contributed by atoms with Crippen molar-refractivity contribution in [1.29, 1.82) is 0 Å². The number of nitrogens with one attached hydrogen (secondary N) is 1. The molecule has 3 nitrogen and oxygen atoms in total. The number of amides is 1. The van der Waals surface area contributed by atoms with Crippen LogP contribution in [0, 0.1) is 11.6 Å². The van der Waals surface area contributed by atoms with Gasteiger partial charge in [0.05, 0.1) is 0 Å². The Morgan fingerprint density at radius 2 is 2.06 bits per heavy atom. The average Bonchev–Trinajstić information content (AvgIpc) is 2.40. The van der Waals surface area contributed by atoms with Gasteiger partial charge in [0.2, 0.25) is 0 Å². The number of hydrogen-bond donors (Lipinski definition) is 1. The van der Waals surface area contributed by atoms with Crippen molar-refractivity contribution in [2.45, 2.75) is 6.54 Å². The molecule has 0 aliphatic heterocycles. The summed E-state index contributed by atoms with van der Waals surface area (Å²) >= 11 is 0. The van der Waals surface area contributed by atoms with E-state index in [9.17, 15) is 13.6 Å². The number of hydrogen-bond acceptors (Lipinski definition) is 2. The smallest absolute Gasteiger partial charge is 0.251 e. The molecular weight excluding hydrogens is 238 g/mol. The van der Waals surface area contributed by atoms with Gasteiger partial charge in [-0.15, -0.1) is 0 Å². The molecule has 0 saturated carbocycles. The molecule has 18 heavy (non-hydrogen) atoms. The third kappa shape index (κ3) is 2.88. The van der Waals surface area contributed by atoms with E-state index >= 15 is 0 Å². The lowest BCUT2D eigenvalue weighted by Crippen LogP contribution is -2.23. The standard InChI is InChI=1S/C13H10F2N2O/c14-11-4-3-10(6-12(11)15)13(18)17-8-9-2-1-5-16-7-9/h1-7H,8H2,(H,17,18). The summed E-state index contributed by atoms with van der Waals surface area (Å²) < 4.78 is 25.6. The summed E-state index contributed by atoms with van der Waals surface area (Å²) in [5.41, 5.74) is 0.909. The molecule has 0 unspecified atom stereocenters. The number of aromatic nitrogens is 1. The van der Waals surface area contributed by atoms with E-state index in [-0.39, 0.29) is 12.1 Å². The summed E-state index contributed by atoms with van der Waals surface area (Å²) in [6.07, 6.45) is 3.24. The second kappa shape index (κ2) is 5.35. The maximum absolute atomic E-state index is 12.9. The monoisotopic (exact) mass is 248 g/mol. The van der Waals surface area contributed by atoms with Crippen LogP contribution < -0.4 is 5.32 Å². The van der Waals surface area contributed by atoms with Crippen LogP contribution in [-0.4, -0.2) is 10.9 Å². The maximum atomic E-state index is 12.9. The molecule has 0 atom stereocenters. The maximum Gasteiger partial charge on any atom is 0.251 e. The van der Waals surface area contributed by atoms with E-state index in [2.05, 4.69) is 10.3 Å². The zero-order chi connectivity index (χ0) is 13.0. The lowest BCUT2D eigenvalue weighted by atomic mass is 10.2. The topological polar surface area (TPSA) is 42.0 Å². The van der Waals surface area contributed by atoms with Gasteiger partial charge in [-0.2, -0.15) is 0 Å². The van der Waals surface area contributed by atoms with Gasteiger partial charge in [-0.3, -0.25) is 9.78 Å². The van der Waals surface area contributed by atoms with Crippen molar-refractivity contribution < 1.29 is 13.6 Å². The summed E-state index contributed by atoms with van der Waals surface area (Å²) in [5.74, 6) is -2.47. The van der Waals surface area contributed by atoms with Crippen LogP contribution in [-0.2, 0) is 6.54 Å². The Kier molecular flexibility index (Phi) is 3.62. The number of nitrogens with zero attached hydrogens (tertiary/aromatic N) is 1. The summed E-state index contributed by atoms with van der Waals surface area (Å²) in [7, 11) is 0. The number of carbonyl (C=O) groups excluding carboxylic acids is 1. The van der Waals surface area contributed by atoms with Gasteiger partial charge in [-0.05, 0) is 29.8 Å². The zero-order valence-electron chi connectivity index (χ0n) is 9.36. The Hall–Kier alpha value is -2.30. The van der Waals surface area contributed by atoms with Crippen LogP contribution in [0.25, 0.3) is 0 Å². The van der Waals surface area contributed by atoms with E-state index in [1.54, 1.807) is 24.5 Å². The Labute approximate surface area is 102 Å². The summed E-state index contributed by atoms with van der Waals surface area (Å²) in [4.78, 5) is 15.6. The number of benzene rings is 1. The van der Waals surface area contributed by atoms with E-state index in [1.807, 2.05) is 0 Å². The minimum absolute atomic E-state index is 0.0813. The van der Waals surface area contributed by atoms with Crippen LogP contribution >= 0.6 is 0 Å². The second-order valence-electron chi connectivity index (χ2n) is 3.67. The third-order valence-electron chi connectivity index (χ3n) is 2.36. The molecule has 5 heteroatoms. The second-order valence-corrected chi connectivity index (χ2v) is 3.67. The van der Waals surface area contributed by atoms with E-state index in [1.165, 1.54) is 6.07 Å². The summed E-state index contributed by atoms with van der Waals surface area (Å²) in [5, 5.41) is 2.59. The SMILES string of the molecule is O=C(NCc1cccnc1)c1ccc(F)c(F)c1. The molecule has 1 aromatic heterocycles. The normalized spacial score (nSPS) is 10.1. The zero-order valence-corrected chi connectivity index (χ0v) is 9.36. The molecule has 92 valence electrons. The van der Waals surface area contributed by atoms with Gasteiger partial charge in [0, 0.05) is 24.5 Å². The van der Waals surface area contributed by atoms with Crippen LogP contribution in [0.5, 0.6) is 0 Å². The molecule has 0 bridgehead atoms. The first-order chi connectivity index (χ1) is 8.66. The highest BCUT2D eigenvalue weighted by Crippen LogP contribution is 2.08. The van der Waals surface area contributed by atoms with Gasteiger partial charge in [-0.1, -0.05) is 6.07 Å². The van der Waals surface area contributed by atoms with Gasteiger partial charge in [-0.25, -0.2) is 8.78 Å². The van der Waals surface area contributed by atoms with E-state index < -0.39 is 17.5 Å². The Bertz CT molecular complexity index is 558. The van der Waals surface area contributed by atoms with Gasteiger partial charge < -0.3 is 5.32 Å². The highest BCUT2D eigenvalue weighted by atomic mass is 19.2. The van der Waals surface area contributed by atoms with Gasteiger partial charge in [0.15, 0.2) is 11.6 Å². The molecule has 1 N–H and O–H groups in total. The highest BCUT2D eigenvalue weighted by Gasteiger charge is 2.09. The lowest BCUT2D eigenvalue weighted by Gasteiger charge is -2.05. The fourth-order valence-corrected chi connectivity index (χ4v) is 1.42. The summed E-state index contributed by atoms with van der Waals surface area (Å²) in [6, 6.07) is 6.58. The largest absolute Gasteiger partial charge is 0.348 e. The van der Waals surface area contributed by atoms with Crippen molar-refractivity contribution in [2.75, 3.05) is 0 Å². The molecule has 0 aliphatic carbocycles. The predicted molar refractivity (Wildman–Crippen MR) is 61.8 cm³/mol. The molecule has 0 radical (unpaired) electrons. The quantitative estimate of drug-likeness (QED) is 0.905. The third-order valence-corrected chi connectivity index (χ3v) is 2.36. The number of rotatable bonds is 3. The van der Waals surface area contributed by atoms with Crippen molar-refractivity contribution in [3.63, 3.8) is 0 Å². The Balaban J connectivity index is 2.02. The average molecular weight is 248 g/mol. The summed E-state index contributed by atoms with van der Waals surface area (Å²) in [6.45, 7) is 0.283. The van der Waals surface area contributed by atoms with E-state index in [4.69, 9.17) is 0 Å². The molecule has 0 fully saturated rings. The van der Waals surface area contributed by atoms with Crippen molar-refractivity contribution >= 4 is 5.91 Å². The van der Waals surface area contributed by atoms with Crippen LogP contribution in [0.1, 0.15) is 15.9 Å². The van der Waals surface area contributed by atoms with Crippen molar-refractivity contribution in [2.24, 2.45) is 0 Å². The minimum Gasteiger partial charge on any atom is -0.348 e. The molecule has 1 aromatic carbocycles. The lowest BCUT2D eigenvalue weighted by molar-refractivity contribution is 0.0950. The van der Waals surface area contributed by atoms with Crippen molar-refractivity contribution in [1.82, 2.24) is 10.3 Å². The van der Waals surface area contributed by atoms with E-state index in [0.29, 0.717) is 0 Å². The molecule has 1 heterocycles. The predicted octanol–water partition coefficient (Wildman–Crippen LogP) is 2.29. The fraction of sp³-hybridized carbons (Fsp3) is 0.0769. The van der Waals surface area contributed by atoms with E-state index in [0.717, 1.165) is 17.7 Å². The molecule has 1 amide bonds. The van der Waals surface area contributed by atoms with Gasteiger partial charge in [0.25, 0.3) is 5.91 Å². The number of carbonyl (C=O) groups is 1. The van der Waals surface area contributed by atoms with Crippen LogP contribution in [0.2, 0.25) is 0 Å². The van der Waals surface area contributed by atoms with Gasteiger partial charge in [0.1, 0.15) is 0 Å². The molecule has 0 saturated heterocycles. The highest BCUT2D eigenvalue weighted by molar-refractivity contribution is 5.94. The molecule has 0 aliphatic rings. The fourth-order valence-electron chi connectivity index (χ4n) is 1.42. The first kappa shape index (κ1) is 12.2. The Morgan fingerprint density at radius 1 is 1.22 bits per heavy atom. The number of pyridine rings is 1. The first-order valence-electron chi connectivity index (χ1n) is 5.29. The Morgan fingerprint density at radius 3 is 2.72 bits per heavy atom. The number of halogens is 2. The van der Waals surface area contributed by atoms with Crippen LogP contribution in [0.3, 0.4) is 0 Å². The van der Waals surface area contributed by atoms with Gasteiger partial charge >= 0.3 is 0 Å². The molecule has 0 spiro atoms. The van der Waals surface area contributed by atoms with Crippen LogP contribution in [0.15, 0.2) is 42.7 Å². The molecule has 2 rings (SSSR count). The van der Waals surface area contributed by atoms with Crippen molar-refractivity contribution in [3.05, 3.63) is 65.5 Å². The van der Waals surface area contributed by atoms with Crippen molar-refractivity contribution in [3.8, 4) is 0 Å². The van der Waals surface area contributed by atoms with Crippen LogP contribution in [0.4, 0.5) is 8.78 Å². The molecule has 2 aromatic rings. The minimum atomic E-state index is -1.04.